The molecule has 2 saturated heterocycles. The second-order valence-electron chi connectivity index (χ2n) is 4.79. The minimum Gasteiger partial charge on any atom is -0.343 e. The first kappa shape index (κ1) is 13.2. The summed E-state index contributed by atoms with van der Waals surface area (Å²) in [6.45, 7) is 4.71. The van der Waals surface area contributed by atoms with Gasteiger partial charge in [-0.05, 0) is 0 Å². The van der Waals surface area contributed by atoms with Crippen LogP contribution in [0, 0.1) is 5.41 Å². The molecule has 1 spiro atoms. The predicted octanol–water partition coefficient (Wildman–Crippen LogP) is 0.179. The summed E-state index contributed by atoms with van der Waals surface area (Å²) in [4.78, 5) is 0. The Balaban J connectivity index is 1.93. The average molecular weight is 248 g/mol. The van der Waals surface area contributed by atoms with Crippen LogP contribution in [0.2, 0.25) is 0 Å². The van der Waals surface area contributed by atoms with Crippen molar-refractivity contribution in [2.75, 3.05) is 26.4 Å². The molecule has 6 heteroatoms. The molecule has 2 fully saturated rings. The van der Waals surface area contributed by atoms with Gasteiger partial charge in [0.1, 0.15) is 0 Å². The summed E-state index contributed by atoms with van der Waals surface area (Å²) in [7, 11) is 0. The summed E-state index contributed by atoms with van der Waals surface area (Å²) in [6.07, 6.45) is 0.730. The SMILES string of the molecule is CCC1(O)OCC2(CO1)COC(O)(CC)OC2. The van der Waals surface area contributed by atoms with Crippen LogP contribution in [0.5, 0.6) is 0 Å². The highest BCUT2D eigenvalue weighted by Crippen LogP contribution is 2.36. The highest BCUT2D eigenvalue weighted by molar-refractivity contribution is 4.86. The highest BCUT2D eigenvalue weighted by Gasteiger charge is 2.49. The van der Waals surface area contributed by atoms with E-state index in [1.54, 1.807) is 13.8 Å². The predicted molar refractivity (Wildman–Crippen MR) is 56.7 cm³/mol. The monoisotopic (exact) mass is 248 g/mol. The first-order valence-electron chi connectivity index (χ1n) is 5.95. The lowest BCUT2D eigenvalue weighted by Gasteiger charge is -2.47. The molecule has 2 aliphatic rings. The lowest BCUT2D eigenvalue weighted by molar-refractivity contribution is -0.452. The van der Waals surface area contributed by atoms with E-state index < -0.39 is 17.4 Å². The number of rotatable bonds is 2. The fourth-order valence-corrected chi connectivity index (χ4v) is 1.81. The van der Waals surface area contributed by atoms with Gasteiger partial charge in [0.25, 0.3) is 11.9 Å². The van der Waals surface area contributed by atoms with Gasteiger partial charge in [-0.25, -0.2) is 0 Å². The van der Waals surface area contributed by atoms with Crippen molar-refractivity contribution in [3.63, 3.8) is 0 Å². The lowest BCUT2D eigenvalue weighted by Crippen LogP contribution is -2.58. The van der Waals surface area contributed by atoms with E-state index in [0.29, 0.717) is 12.8 Å². The molecule has 17 heavy (non-hydrogen) atoms. The van der Waals surface area contributed by atoms with Crippen molar-refractivity contribution in [1.29, 1.82) is 0 Å². The van der Waals surface area contributed by atoms with Crippen molar-refractivity contribution in [2.45, 2.75) is 38.6 Å². The molecule has 100 valence electrons. The fourth-order valence-electron chi connectivity index (χ4n) is 1.81. The van der Waals surface area contributed by atoms with E-state index in [1.165, 1.54) is 0 Å². The Bertz CT molecular complexity index is 232. The molecule has 0 radical (unpaired) electrons. The first-order valence-corrected chi connectivity index (χ1v) is 5.95. The van der Waals surface area contributed by atoms with E-state index >= 15 is 0 Å². The van der Waals surface area contributed by atoms with Crippen LogP contribution in [0.15, 0.2) is 0 Å². The molecular formula is C11H20O6. The average Bonchev–Trinajstić information content (AvgIpc) is 2.37. The Labute approximate surface area is 100 Å². The van der Waals surface area contributed by atoms with Crippen LogP contribution in [0.3, 0.4) is 0 Å². The Morgan fingerprint density at radius 1 is 0.765 bits per heavy atom. The van der Waals surface area contributed by atoms with Crippen LogP contribution in [0.1, 0.15) is 26.7 Å². The molecule has 0 aliphatic carbocycles. The van der Waals surface area contributed by atoms with Crippen LogP contribution in [0.4, 0.5) is 0 Å². The van der Waals surface area contributed by atoms with Gasteiger partial charge >= 0.3 is 0 Å². The van der Waals surface area contributed by atoms with Crippen molar-refractivity contribution >= 4 is 0 Å². The topological polar surface area (TPSA) is 77.4 Å². The van der Waals surface area contributed by atoms with Crippen molar-refractivity contribution in [1.82, 2.24) is 0 Å². The molecule has 2 N–H and O–H groups in total. The van der Waals surface area contributed by atoms with Crippen LogP contribution in [-0.4, -0.2) is 48.6 Å². The summed E-state index contributed by atoms with van der Waals surface area (Å²) < 4.78 is 21.2. The van der Waals surface area contributed by atoms with Crippen LogP contribution < -0.4 is 0 Å². The Morgan fingerprint density at radius 3 is 1.29 bits per heavy atom. The molecule has 0 aromatic carbocycles. The van der Waals surface area contributed by atoms with Gasteiger partial charge in [0.05, 0.1) is 31.8 Å². The van der Waals surface area contributed by atoms with Gasteiger partial charge in [-0.1, -0.05) is 13.8 Å². The van der Waals surface area contributed by atoms with Crippen molar-refractivity contribution in [3.05, 3.63) is 0 Å². The number of aliphatic hydroxyl groups is 2. The summed E-state index contributed by atoms with van der Waals surface area (Å²) in [5.41, 5.74) is -0.442. The summed E-state index contributed by atoms with van der Waals surface area (Å²) in [6, 6.07) is 0. The number of hydrogen-bond donors (Lipinski definition) is 2. The van der Waals surface area contributed by atoms with Gasteiger partial charge in [-0.15, -0.1) is 0 Å². The maximum absolute atomic E-state index is 9.77. The smallest absolute Gasteiger partial charge is 0.280 e. The van der Waals surface area contributed by atoms with E-state index in [0.717, 1.165) is 0 Å². The molecule has 2 heterocycles. The van der Waals surface area contributed by atoms with Gasteiger partial charge in [-0.3, -0.25) is 0 Å². The summed E-state index contributed by atoms with van der Waals surface area (Å²) >= 11 is 0. The Hall–Kier alpha value is -0.240. The molecule has 0 aromatic heterocycles. The molecule has 0 atom stereocenters. The molecule has 2 aliphatic heterocycles. The van der Waals surface area contributed by atoms with Gasteiger partial charge in [-0.2, -0.15) is 0 Å². The van der Waals surface area contributed by atoms with E-state index in [1.807, 2.05) is 0 Å². The quantitative estimate of drug-likeness (QED) is 0.726. The first-order chi connectivity index (χ1) is 7.95. The highest BCUT2D eigenvalue weighted by atomic mass is 16.8. The third-order valence-corrected chi connectivity index (χ3v) is 3.31. The standard InChI is InChI=1S/C11H20O6/c1-3-10(12)14-5-9(6-15-10)7-16-11(13,4-2)17-8-9/h12-13H,3-8H2,1-2H3. The van der Waals surface area contributed by atoms with Gasteiger partial charge in [0.2, 0.25) is 0 Å². The second-order valence-corrected chi connectivity index (χ2v) is 4.79. The summed E-state index contributed by atoms with van der Waals surface area (Å²) in [5, 5.41) is 19.5. The lowest BCUT2D eigenvalue weighted by atomic mass is 9.90. The molecule has 0 aromatic rings. The zero-order valence-corrected chi connectivity index (χ0v) is 10.3. The number of ether oxygens (including phenoxy) is 4. The third kappa shape index (κ3) is 2.62. The van der Waals surface area contributed by atoms with E-state index in [9.17, 15) is 10.2 Å². The molecule has 0 saturated carbocycles. The summed E-state index contributed by atoms with van der Waals surface area (Å²) in [5.74, 6) is -2.99. The van der Waals surface area contributed by atoms with Gasteiger partial charge in [0.15, 0.2) is 0 Å². The second kappa shape index (κ2) is 4.46. The molecule has 0 unspecified atom stereocenters. The van der Waals surface area contributed by atoms with Gasteiger partial charge < -0.3 is 29.2 Å². The zero-order chi connectivity index (χ0) is 12.6. The maximum atomic E-state index is 9.77. The molecular weight excluding hydrogens is 228 g/mol. The molecule has 0 bridgehead atoms. The molecule has 0 amide bonds. The van der Waals surface area contributed by atoms with E-state index in [4.69, 9.17) is 18.9 Å². The zero-order valence-electron chi connectivity index (χ0n) is 10.3. The Kier molecular flexibility index (Phi) is 3.46. The van der Waals surface area contributed by atoms with E-state index in [-0.39, 0.29) is 26.4 Å². The van der Waals surface area contributed by atoms with Crippen molar-refractivity contribution in [2.24, 2.45) is 5.41 Å². The largest absolute Gasteiger partial charge is 0.343 e. The van der Waals surface area contributed by atoms with Crippen LogP contribution in [0.25, 0.3) is 0 Å². The van der Waals surface area contributed by atoms with Crippen molar-refractivity contribution in [3.8, 4) is 0 Å². The number of hydrogen-bond acceptors (Lipinski definition) is 6. The minimum absolute atomic E-state index is 0.289. The normalized spacial score (nSPS) is 47.3. The minimum atomic E-state index is -1.50. The Morgan fingerprint density at radius 2 is 1.06 bits per heavy atom. The van der Waals surface area contributed by atoms with Crippen molar-refractivity contribution < 1.29 is 29.2 Å². The van der Waals surface area contributed by atoms with Crippen LogP contribution in [-0.2, 0) is 18.9 Å². The maximum Gasteiger partial charge on any atom is 0.280 e. The fraction of sp³-hybridized carbons (Fsp3) is 1.00. The van der Waals surface area contributed by atoms with E-state index in [2.05, 4.69) is 0 Å². The molecule has 2 rings (SSSR count). The van der Waals surface area contributed by atoms with Crippen LogP contribution >= 0.6 is 0 Å². The van der Waals surface area contributed by atoms with Gasteiger partial charge in [0, 0.05) is 12.8 Å². The third-order valence-electron chi connectivity index (χ3n) is 3.31. The molecule has 6 nitrogen and oxygen atoms in total.